The van der Waals surface area contributed by atoms with Crippen LogP contribution in [-0.2, 0) is 0 Å². The number of nitro benzene ring substituents is 1. The standard InChI is InChI=1S/C18H12N2O2/c21-20(22)14-7-5-6-13(12-14)19-17-10-3-1-8-15(17)16-9-2-4-11-18(16)19/h1-12H. The van der Waals surface area contributed by atoms with Crippen molar-refractivity contribution in [1.82, 2.24) is 4.57 Å². The van der Waals surface area contributed by atoms with E-state index in [0.29, 0.717) is 0 Å². The molecule has 0 radical (unpaired) electrons. The molecule has 0 atom stereocenters. The number of nitro groups is 1. The molecule has 0 N–H and O–H groups in total. The second-order valence-corrected chi connectivity index (χ2v) is 5.15. The Morgan fingerprint density at radius 1 is 0.773 bits per heavy atom. The van der Waals surface area contributed by atoms with E-state index in [4.69, 9.17) is 0 Å². The molecule has 4 nitrogen and oxygen atoms in total. The van der Waals surface area contributed by atoms with Crippen LogP contribution >= 0.6 is 0 Å². The Morgan fingerprint density at radius 2 is 1.36 bits per heavy atom. The highest BCUT2D eigenvalue weighted by molar-refractivity contribution is 6.09. The van der Waals surface area contributed by atoms with Crippen LogP contribution in [0.5, 0.6) is 0 Å². The average Bonchev–Trinajstić information content (AvgIpc) is 2.89. The Kier molecular flexibility index (Phi) is 2.69. The highest BCUT2D eigenvalue weighted by atomic mass is 16.6. The molecule has 4 aromatic rings. The minimum Gasteiger partial charge on any atom is -0.309 e. The minimum absolute atomic E-state index is 0.0966. The normalized spacial score (nSPS) is 11.1. The lowest BCUT2D eigenvalue weighted by Gasteiger charge is -2.07. The van der Waals surface area contributed by atoms with E-state index >= 15 is 0 Å². The minimum atomic E-state index is -0.364. The number of non-ortho nitro benzene ring substituents is 1. The summed E-state index contributed by atoms with van der Waals surface area (Å²) in [6, 6.07) is 22.9. The van der Waals surface area contributed by atoms with Gasteiger partial charge in [0.1, 0.15) is 0 Å². The predicted octanol–water partition coefficient (Wildman–Crippen LogP) is 4.69. The van der Waals surface area contributed by atoms with Crippen LogP contribution in [0.3, 0.4) is 0 Å². The van der Waals surface area contributed by atoms with E-state index in [9.17, 15) is 10.1 Å². The second-order valence-electron chi connectivity index (χ2n) is 5.15. The van der Waals surface area contributed by atoms with E-state index < -0.39 is 0 Å². The van der Waals surface area contributed by atoms with Gasteiger partial charge in [0.05, 0.1) is 21.6 Å². The van der Waals surface area contributed by atoms with Crippen molar-refractivity contribution in [3.05, 3.63) is 82.9 Å². The predicted molar refractivity (Wildman–Crippen MR) is 87.4 cm³/mol. The van der Waals surface area contributed by atoms with Crippen molar-refractivity contribution in [1.29, 1.82) is 0 Å². The van der Waals surface area contributed by atoms with Crippen LogP contribution in [-0.4, -0.2) is 9.49 Å². The van der Waals surface area contributed by atoms with Gasteiger partial charge in [0.2, 0.25) is 0 Å². The smallest absolute Gasteiger partial charge is 0.271 e. The molecule has 0 spiro atoms. The molecule has 1 aromatic heterocycles. The number of benzene rings is 3. The summed E-state index contributed by atoms with van der Waals surface area (Å²) in [5.41, 5.74) is 2.99. The topological polar surface area (TPSA) is 48.1 Å². The molecule has 0 aliphatic rings. The number of hydrogen-bond acceptors (Lipinski definition) is 2. The maximum absolute atomic E-state index is 11.0. The first kappa shape index (κ1) is 12.6. The molecule has 0 saturated heterocycles. The fourth-order valence-corrected chi connectivity index (χ4v) is 2.95. The molecule has 0 fully saturated rings. The van der Waals surface area contributed by atoms with Gasteiger partial charge in [-0.2, -0.15) is 0 Å². The molecule has 0 aliphatic carbocycles. The number of hydrogen-bond donors (Lipinski definition) is 0. The van der Waals surface area contributed by atoms with Crippen LogP contribution in [0.2, 0.25) is 0 Å². The van der Waals surface area contributed by atoms with Gasteiger partial charge in [-0.3, -0.25) is 10.1 Å². The van der Waals surface area contributed by atoms with Crippen LogP contribution < -0.4 is 0 Å². The van der Waals surface area contributed by atoms with Gasteiger partial charge in [-0.05, 0) is 18.2 Å². The number of nitrogens with zero attached hydrogens (tertiary/aromatic N) is 2. The molecule has 22 heavy (non-hydrogen) atoms. The molecule has 0 unspecified atom stereocenters. The summed E-state index contributed by atoms with van der Waals surface area (Å²) in [5.74, 6) is 0. The van der Waals surface area contributed by atoms with Gasteiger partial charge in [0.15, 0.2) is 0 Å². The molecule has 0 saturated carbocycles. The van der Waals surface area contributed by atoms with Gasteiger partial charge in [0.25, 0.3) is 5.69 Å². The third-order valence-electron chi connectivity index (χ3n) is 3.88. The zero-order chi connectivity index (χ0) is 15.1. The lowest BCUT2D eigenvalue weighted by molar-refractivity contribution is -0.384. The summed E-state index contributed by atoms with van der Waals surface area (Å²) < 4.78 is 2.07. The Balaban J connectivity index is 2.13. The summed E-state index contributed by atoms with van der Waals surface area (Å²) in [5, 5.41) is 13.3. The first-order chi connectivity index (χ1) is 10.8. The zero-order valence-electron chi connectivity index (χ0n) is 11.6. The lowest BCUT2D eigenvalue weighted by atomic mass is 10.2. The van der Waals surface area contributed by atoms with E-state index in [-0.39, 0.29) is 10.6 Å². The quantitative estimate of drug-likeness (QED) is 0.397. The van der Waals surface area contributed by atoms with Crippen molar-refractivity contribution < 1.29 is 4.92 Å². The SMILES string of the molecule is O=[N+]([O-])c1cccc(-n2c3ccccc3c3ccccc32)c1. The van der Waals surface area contributed by atoms with E-state index in [2.05, 4.69) is 16.7 Å². The van der Waals surface area contributed by atoms with Crippen molar-refractivity contribution in [2.45, 2.75) is 0 Å². The fourth-order valence-electron chi connectivity index (χ4n) is 2.95. The third-order valence-corrected chi connectivity index (χ3v) is 3.88. The monoisotopic (exact) mass is 288 g/mol. The molecule has 0 bridgehead atoms. The molecule has 3 aromatic carbocycles. The van der Waals surface area contributed by atoms with Gasteiger partial charge < -0.3 is 4.57 Å². The van der Waals surface area contributed by atoms with Gasteiger partial charge >= 0.3 is 0 Å². The van der Waals surface area contributed by atoms with Crippen molar-refractivity contribution in [2.24, 2.45) is 0 Å². The highest BCUT2D eigenvalue weighted by Gasteiger charge is 2.13. The molecule has 106 valence electrons. The summed E-state index contributed by atoms with van der Waals surface area (Å²) in [4.78, 5) is 10.7. The maximum Gasteiger partial charge on any atom is 0.271 e. The van der Waals surface area contributed by atoms with E-state index in [1.165, 1.54) is 6.07 Å². The van der Waals surface area contributed by atoms with Gasteiger partial charge in [-0.15, -0.1) is 0 Å². The van der Waals surface area contributed by atoms with Crippen LogP contribution in [0.25, 0.3) is 27.5 Å². The van der Waals surface area contributed by atoms with Crippen molar-refractivity contribution in [3.63, 3.8) is 0 Å². The number of fused-ring (bicyclic) bond motifs is 3. The molecular weight excluding hydrogens is 276 g/mol. The number of aromatic nitrogens is 1. The van der Waals surface area contributed by atoms with Crippen molar-refractivity contribution in [3.8, 4) is 5.69 Å². The summed E-state index contributed by atoms with van der Waals surface area (Å²) in [6.07, 6.45) is 0. The highest BCUT2D eigenvalue weighted by Crippen LogP contribution is 2.32. The molecule has 4 heteroatoms. The maximum atomic E-state index is 11.0. The third kappa shape index (κ3) is 1.78. The fraction of sp³-hybridized carbons (Fsp3) is 0. The number of rotatable bonds is 2. The van der Waals surface area contributed by atoms with Gasteiger partial charge in [-0.25, -0.2) is 0 Å². The van der Waals surface area contributed by atoms with Crippen molar-refractivity contribution in [2.75, 3.05) is 0 Å². The second kappa shape index (κ2) is 4.70. The first-order valence-electron chi connectivity index (χ1n) is 6.99. The van der Waals surface area contributed by atoms with Crippen LogP contribution in [0, 0.1) is 10.1 Å². The Morgan fingerprint density at radius 3 is 1.95 bits per heavy atom. The summed E-state index contributed by atoms with van der Waals surface area (Å²) >= 11 is 0. The summed E-state index contributed by atoms with van der Waals surface area (Å²) in [6.45, 7) is 0. The molecule has 0 aliphatic heterocycles. The zero-order valence-corrected chi connectivity index (χ0v) is 11.6. The van der Waals surface area contributed by atoms with Gasteiger partial charge in [0, 0.05) is 22.9 Å². The molecule has 4 rings (SSSR count). The molecule has 0 amide bonds. The Labute approximate surface area is 126 Å². The van der Waals surface area contributed by atoms with Crippen LogP contribution in [0.4, 0.5) is 5.69 Å². The van der Waals surface area contributed by atoms with E-state index in [0.717, 1.165) is 27.5 Å². The first-order valence-corrected chi connectivity index (χ1v) is 6.99. The number of para-hydroxylation sites is 2. The Hall–Kier alpha value is -3.14. The Bertz CT molecular complexity index is 965. The average molecular weight is 288 g/mol. The largest absolute Gasteiger partial charge is 0.309 e. The van der Waals surface area contributed by atoms with Gasteiger partial charge in [-0.1, -0.05) is 42.5 Å². The van der Waals surface area contributed by atoms with E-state index in [1.807, 2.05) is 42.5 Å². The summed E-state index contributed by atoms with van der Waals surface area (Å²) in [7, 11) is 0. The molecular formula is C18H12N2O2. The van der Waals surface area contributed by atoms with Crippen LogP contribution in [0.15, 0.2) is 72.8 Å². The van der Waals surface area contributed by atoms with E-state index in [1.54, 1.807) is 12.1 Å². The van der Waals surface area contributed by atoms with Crippen molar-refractivity contribution >= 4 is 27.5 Å². The lowest BCUT2D eigenvalue weighted by Crippen LogP contribution is -1.95. The van der Waals surface area contributed by atoms with Crippen LogP contribution in [0.1, 0.15) is 0 Å². The molecule has 1 heterocycles.